The largest absolute Gasteiger partial charge is 0.419 e. The van der Waals surface area contributed by atoms with Gasteiger partial charge in [-0.15, -0.1) is 0 Å². The first-order valence-corrected chi connectivity index (χ1v) is 13.8. The van der Waals surface area contributed by atoms with Gasteiger partial charge in [0.2, 0.25) is 11.8 Å². The van der Waals surface area contributed by atoms with E-state index in [0.717, 1.165) is 54.6 Å². The molecule has 2 atom stereocenters. The predicted molar refractivity (Wildman–Crippen MR) is 138 cm³/mol. The number of fused-ring (bicyclic) bond motifs is 3. The Labute approximate surface area is 227 Å². The van der Waals surface area contributed by atoms with Crippen molar-refractivity contribution in [3.8, 4) is 0 Å². The summed E-state index contributed by atoms with van der Waals surface area (Å²) < 4.78 is 54.8. The number of carbonyl (C=O) groups excluding carboxylic acids is 2. The van der Waals surface area contributed by atoms with Crippen LogP contribution in [0.4, 0.5) is 17.6 Å². The van der Waals surface area contributed by atoms with Crippen LogP contribution in [0, 0.1) is 11.7 Å². The van der Waals surface area contributed by atoms with E-state index in [0.29, 0.717) is 31.6 Å². The van der Waals surface area contributed by atoms with E-state index >= 15 is 0 Å². The zero-order valence-corrected chi connectivity index (χ0v) is 22.4. The minimum atomic E-state index is -4.87. The molecule has 6 rings (SSSR count). The molecule has 5 nitrogen and oxygen atoms in total. The van der Waals surface area contributed by atoms with E-state index in [1.807, 2.05) is 24.3 Å². The summed E-state index contributed by atoms with van der Waals surface area (Å²) in [5.74, 6) is -1.74. The number of alkyl halides is 3. The molecule has 2 bridgehead atoms. The zero-order chi connectivity index (χ0) is 27.1. The van der Waals surface area contributed by atoms with Crippen molar-refractivity contribution >= 4 is 27.7 Å². The highest BCUT2D eigenvalue weighted by Gasteiger charge is 2.53. The minimum absolute atomic E-state index is 0.0124. The average molecular weight is 596 g/mol. The summed E-state index contributed by atoms with van der Waals surface area (Å²) >= 11 is 3.41. The van der Waals surface area contributed by atoms with E-state index in [4.69, 9.17) is 0 Å². The first-order chi connectivity index (χ1) is 18.0. The fraction of sp³-hybridized carbons (Fsp3) is 0.500. The van der Waals surface area contributed by atoms with Crippen molar-refractivity contribution < 1.29 is 27.2 Å². The number of carbonyl (C=O) groups is 2. The fourth-order valence-electron chi connectivity index (χ4n) is 5.75. The van der Waals surface area contributed by atoms with Gasteiger partial charge in [-0.2, -0.15) is 13.2 Å². The van der Waals surface area contributed by atoms with Crippen LogP contribution in [-0.4, -0.2) is 48.4 Å². The molecule has 0 spiro atoms. The van der Waals surface area contributed by atoms with Crippen LogP contribution in [0.5, 0.6) is 0 Å². The molecule has 2 aromatic rings. The van der Waals surface area contributed by atoms with E-state index in [-0.39, 0.29) is 17.5 Å². The number of benzene rings is 2. The first kappa shape index (κ1) is 27.1. The van der Waals surface area contributed by atoms with E-state index in [1.54, 1.807) is 0 Å². The average Bonchev–Trinajstić information content (AvgIpc) is 3.70. The molecule has 0 aromatic heterocycles. The molecule has 4 fully saturated rings. The molecule has 3 saturated heterocycles. The number of aryl methyl sites for hydroxylation is 1. The molecule has 1 saturated carbocycles. The normalized spacial score (nSPS) is 24.5. The Morgan fingerprint density at radius 2 is 1.76 bits per heavy atom. The molecule has 1 unspecified atom stereocenters. The summed E-state index contributed by atoms with van der Waals surface area (Å²) in [6, 6.07) is 9.58. The molecule has 1 aliphatic carbocycles. The van der Waals surface area contributed by atoms with Crippen LogP contribution < -0.4 is 10.6 Å². The van der Waals surface area contributed by atoms with Gasteiger partial charge in [0.15, 0.2) is 0 Å². The molecule has 204 valence electrons. The van der Waals surface area contributed by atoms with Crippen LogP contribution >= 0.6 is 15.9 Å². The van der Waals surface area contributed by atoms with Crippen molar-refractivity contribution in [3.05, 3.63) is 69.4 Å². The van der Waals surface area contributed by atoms with Gasteiger partial charge in [-0.25, -0.2) is 4.39 Å². The number of rotatable bonds is 8. The second kappa shape index (κ2) is 10.6. The minimum Gasteiger partial charge on any atom is -0.350 e. The van der Waals surface area contributed by atoms with Gasteiger partial charge in [-0.3, -0.25) is 9.59 Å². The third-order valence-corrected chi connectivity index (χ3v) is 8.78. The molecule has 2 N–H and O–H groups in total. The molecule has 3 heterocycles. The molecule has 38 heavy (non-hydrogen) atoms. The Balaban J connectivity index is 1.33. The van der Waals surface area contributed by atoms with E-state index < -0.39 is 34.9 Å². The van der Waals surface area contributed by atoms with E-state index in [1.165, 1.54) is 6.07 Å². The second-order valence-electron chi connectivity index (χ2n) is 10.7. The molecule has 10 heteroatoms. The maximum atomic E-state index is 13.9. The molecule has 0 radical (unpaired) electrons. The highest BCUT2D eigenvalue weighted by molar-refractivity contribution is 9.10. The Morgan fingerprint density at radius 3 is 2.34 bits per heavy atom. The highest BCUT2D eigenvalue weighted by atomic mass is 79.9. The zero-order valence-electron chi connectivity index (χ0n) is 20.8. The van der Waals surface area contributed by atoms with E-state index in [9.17, 15) is 27.2 Å². The van der Waals surface area contributed by atoms with Crippen molar-refractivity contribution in [1.29, 1.82) is 0 Å². The second-order valence-corrected chi connectivity index (χ2v) is 11.6. The van der Waals surface area contributed by atoms with Crippen molar-refractivity contribution in [3.63, 3.8) is 0 Å². The molecule has 3 aliphatic heterocycles. The number of nitrogens with one attached hydrogen (secondary N) is 2. The first-order valence-electron chi connectivity index (χ1n) is 13.0. The quantitative estimate of drug-likeness (QED) is 0.424. The van der Waals surface area contributed by atoms with Gasteiger partial charge in [0.25, 0.3) is 0 Å². The molecule has 2 aromatic carbocycles. The van der Waals surface area contributed by atoms with Crippen LogP contribution in [0.15, 0.2) is 46.9 Å². The smallest absolute Gasteiger partial charge is 0.350 e. The lowest BCUT2D eigenvalue weighted by atomic mass is 9.84. The highest BCUT2D eigenvalue weighted by Crippen LogP contribution is 2.49. The maximum absolute atomic E-state index is 13.9. The van der Waals surface area contributed by atoms with Crippen molar-refractivity contribution in [1.82, 2.24) is 15.5 Å². The summed E-state index contributed by atoms with van der Waals surface area (Å²) in [5.41, 5.74) is -1.47. The van der Waals surface area contributed by atoms with Gasteiger partial charge in [-0.05, 0) is 92.9 Å². The Bertz CT molecular complexity index is 1190. The summed E-state index contributed by atoms with van der Waals surface area (Å²) in [6.45, 7) is 2.84. The van der Waals surface area contributed by atoms with Crippen molar-refractivity contribution in [2.24, 2.45) is 5.92 Å². The molecular weight excluding hydrogens is 566 g/mol. The van der Waals surface area contributed by atoms with Crippen molar-refractivity contribution in [2.75, 3.05) is 19.6 Å². The van der Waals surface area contributed by atoms with Gasteiger partial charge in [-0.1, -0.05) is 34.1 Å². The summed E-state index contributed by atoms with van der Waals surface area (Å²) in [6.07, 6.45) is -1.27. The standard InChI is InChI=1S/C28H30BrF4N3O2/c29-20-5-1-17(2-6-20)3-8-23(25(37)34-24-16-36-13-9-18(24)10-14-36)35-26(38)27(11-12-27)19-4-7-22(30)21(15-19)28(31,32)33/h1-2,4-7,15,18,23-24H,3,8-14,16H2,(H,34,37)(H,35,38)/t23-,24?/m0/s1. The van der Waals surface area contributed by atoms with Crippen LogP contribution in [0.2, 0.25) is 0 Å². The van der Waals surface area contributed by atoms with Crippen LogP contribution in [0.1, 0.15) is 48.8 Å². The fourth-order valence-corrected chi connectivity index (χ4v) is 6.02. The number of nitrogens with zero attached hydrogens (tertiary/aromatic N) is 1. The SMILES string of the molecule is O=C(NC1CN2CCC1CC2)[C@H](CCc1ccc(Br)cc1)NC(=O)C1(c2ccc(F)c(C(F)(F)F)c2)CC1. The third-order valence-electron chi connectivity index (χ3n) is 8.25. The van der Waals surface area contributed by atoms with E-state index in [2.05, 4.69) is 31.5 Å². The number of halogens is 5. The van der Waals surface area contributed by atoms with Crippen LogP contribution in [0.3, 0.4) is 0 Å². The lowest BCUT2D eigenvalue weighted by molar-refractivity contribution is -0.140. The number of piperidine rings is 3. The number of hydrogen-bond donors (Lipinski definition) is 2. The number of amides is 2. The lowest BCUT2D eigenvalue weighted by Crippen LogP contribution is -2.60. The third kappa shape index (κ3) is 5.76. The van der Waals surface area contributed by atoms with Crippen molar-refractivity contribution in [2.45, 2.75) is 62.2 Å². The predicted octanol–water partition coefficient (Wildman–Crippen LogP) is 4.97. The van der Waals surface area contributed by atoms with Crippen LogP contribution in [-0.2, 0) is 27.6 Å². The monoisotopic (exact) mass is 595 g/mol. The Kier molecular flexibility index (Phi) is 7.57. The summed E-state index contributed by atoms with van der Waals surface area (Å²) in [4.78, 5) is 29.3. The lowest BCUT2D eigenvalue weighted by Gasteiger charge is -2.45. The van der Waals surface area contributed by atoms with Crippen LogP contribution in [0.25, 0.3) is 0 Å². The van der Waals surface area contributed by atoms with Gasteiger partial charge in [0.05, 0.1) is 11.0 Å². The summed E-state index contributed by atoms with van der Waals surface area (Å²) in [5, 5.41) is 6.01. The molecule has 2 amide bonds. The summed E-state index contributed by atoms with van der Waals surface area (Å²) in [7, 11) is 0. The molecule has 4 aliphatic rings. The Hall–Kier alpha value is -2.46. The maximum Gasteiger partial charge on any atom is 0.419 e. The van der Waals surface area contributed by atoms with Gasteiger partial charge in [0.1, 0.15) is 11.9 Å². The van der Waals surface area contributed by atoms with Gasteiger partial charge >= 0.3 is 6.18 Å². The Morgan fingerprint density at radius 1 is 1.08 bits per heavy atom. The topological polar surface area (TPSA) is 61.4 Å². The van der Waals surface area contributed by atoms with Gasteiger partial charge < -0.3 is 15.5 Å². The molecular formula is C28H30BrF4N3O2. The van der Waals surface area contributed by atoms with Gasteiger partial charge in [0, 0.05) is 17.1 Å². The number of hydrogen-bond acceptors (Lipinski definition) is 3.